The molecular weight excluding hydrogens is 180 g/mol. The molecule has 0 unspecified atom stereocenters. The Labute approximate surface area is 81.9 Å². The van der Waals surface area contributed by atoms with Crippen LogP contribution in [0.1, 0.15) is 10.7 Å². The average Bonchev–Trinajstić information content (AvgIpc) is 2.61. The van der Waals surface area contributed by atoms with Gasteiger partial charge in [0, 0.05) is 18.1 Å². The van der Waals surface area contributed by atoms with Gasteiger partial charge in [-0.3, -0.25) is 0 Å². The molecule has 68 valence electrons. The summed E-state index contributed by atoms with van der Waals surface area (Å²) in [6, 6.07) is 4.26. The molecule has 0 saturated carbocycles. The molecule has 2 nitrogen and oxygen atoms in total. The molecule has 2 heterocycles. The zero-order valence-electron chi connectivity index (χ0n) is 8.03. The predicted octanol–water partition coefficient (Wildman–Crippen LogP) is 2.77. The normalized spacial score (nSPS) is 10.7. The van der Waals surface area contributed by atoms with E-state index in [0.717, 1.165) is 11.5 Å². The van der Waals surface area contributed by atoms with Crippen LogP contribution in [0.15, 0.2) is 18.3 Å². The molecule has 0 aromatic carbocycles. The van der Waals surface area contributed by atoms with Crippen LogP contribution in [0.2, 0.25) is 0 Å². The van der Waals surface area contributed by atoms with Crippen LogP contribution in [0.4, 0.5) is 0 Å². The molecule has 3 heteroatoms. The minimum absolute atomic E-state index is 1.06. The number of hydrogen-bond acceptors (Lipinski definition) is 2. The zero-order chi connectivity index (χ0) is 9.42. The van der Waals surface area contributed by atoms with Crippen molar-refractivity contribution in [2.24, 2.45) is 7.05 Å². The fourth-order valence-corrected chi connectivity index (χ4v) is 2.07. The molecule has 0 saturated heterocycles. The van der Waals surface area contributed by atoms with Gasteiger partial charge < -0.3 is 4.57 Å². The van der Waals surface area contributed by atoms with Crippen molar-refractivity contribution in [3.63, 3.8) is 0 Å². The average molecular weight is 192 g/mol. The van der Waals surface area contributed by atoms with Crippen molar-refractivity contribution in [3.05, 3.63) is 29.0 Å². The first-order valence-electron chi connectivity index (χ1n) is 4.23. The third-order valence-electron chi connectivity index (χ3n) is 2.10. The minimum Gasteiger partial charge on any atom is -0.338 e. The molecule has 0 fully saturated rings. The molecule has 0 radical (unpaired) electrons. The Kier molecular flexibility index (Phi) is 1.96. The highest BCUT2D eigenvalue weighted by molar-refractivity contribution is 7.15. The lowest BCUT2D eigenvalue weighted by Gasteiger charge is -1.87. The van der Waals surface area contributed by atoms with Gasteiger partial charge in [0.25, 0.3) is 0 Å². The van der Waals surface area contributed by atoms with E-state index in [-0.39, 0.29) is 0 Å². The maximum Gasteiger partial charge on any atom is 0.106 e. The predicted molar refractivity (Wildman–Crippen MR) is 56.0 cm³/mol. The van der Waals surface area contributed by atoms with Crippen LogP contribution in [-0.2, 0) is 7.05 Å². The number of aromatic nitrogens is 2. The maximum absolute atomic E-state index is 4.47. The highest BCUT2D eigenvalue weighted by atomic mass is 32.1. The van der Waals surface area contributed by atoms with Crippen molar-refractivity contribution in [1.29, 1.82) is 0 Å². The lowest BCUT2D eigenvalue weighted by molar-refractivity contribution is 0.858. The van der Waals surface area contributed by atoms with Gasteiger partial charge in [-0.25, -0.2) is 4.98 Å². The van der Waals surface area contributed by atoms with Crippen LogP contribution < -0.4 is 0 Å². The summed E-state index contributed by atoms with van der Waals surface area (Å²) in [5, 5.41) is 0. The van der Waals surface area contributed by atoms with Gasteiger partial charge in [0.05, 0.1) is 10.6 Å². The molecule has 0 bridgehead atoms. The van der Waals surface area contributed by atoms with Crippen LogP contribution in [-0.4, -0.2) is 9.55 Å². The molecule has 0 amide bonds. The van der Waals surface area contributed by atoms with E-state index < -0.39 is 0 Å². The summed E-state index contributed by atoms with van der Waals surface area (Å²) in [7, 11) is 2.02. The number of thiophene rings is 1. The Balaban J connectivity index is 2.46. The molecule has 0 aliphatic heterocycles. The highest BCUT2D eigenvalue weighted by Crippen LogP contribution is 2.26. The molecule has 0 spiro atoms. The molecule has 2 aromatic rings. The van der Waals surface area contributed by atoms with Gasteiger partial charge in [-0.05, 0) is 26.0 Å². The number of hydrogen-bond donors (Lipinski definition) is 0. The van der Waals surface area contributed by atoms with Crippen molar-refractivity contribution >= 4 is 11.3 Å². The Morgan fingerprint density at radius 3 is 2.54 bits per heavy atom. The van der Waals surface area contributed by atoms with Crippen molar-refractivity contribution in [2.45, 2.75) is 13.8 Å². The van der Waals surface area contributed by atoms with Crippen molar-refractivity contribution < 1.29 is 0 Å². The molecule has 0 aliphatic carbocycles. The first kappa shape index (κ1) is 8.51. The fraction of sp³-hybridized carbons (Fsp3) is 0.300. The quantitative estimate of drug-likeness (QED) is 0.679. The topological polar surface area (TPSA) is 17.8 Å². The minimum atomic E-state index is 1.06. The van der Waals surface area contributed by atoms with Gasteiger partial charge in [-0.1, -0.05) is 0 Å². The van der Waals surface area contributed by atoms with E-state index in [1.165, 1.54) is 9.75 Å². The van der Waals surface area contributed by atoms with Gasteiger partial charge in [0.15, 0.2) is 0 Å². The van der Waals surface area contributed by atoms with Crippen LogP contribution in [0.3, 0.4) is 0 Å². The summed E-state index contributed by atoms with van der Waals surface area (Å²) in [5.41, 5.74) is 1.08. The molecule has 2 aromatic heterocycles. The SMILES string of the molecule is Cc1ccc(-c2cn(C)c(C)n2)s1. The van der Waals surface area contributed by atoms with E-state index in [0.29, 0.717) is 0 Å². The van der Waals surface area contributed by atoms with E-state index in [1.54, 1.807) is 11.3 Å². The summed E-state index contributed by atoms with van der Waals surface area (Å²) in [6.45, 7) is 4.13. The van der Waals surface area contributed by atoms with E-state index in [4.69, 9.17) is 0 Å². The van der Waals surface area contributed by atoms with E-state index in [9.17, 15) is 0 Å². The van der Waals surface area contributed by atoms with Gasteiger partial charge in [-0.2, -0.15) is 0 Å². The summed E-state index contributed by atoms with van der Waals surface area (Å²) in [6.07, 6.45) is 2.07. The second-order valence-electron chi connectivity index (χ2n) is 3.19. The standard InChI is InChI=1S/C10H12N2S/c1-7-4-5-10(13-7)9-6-12(3)8(2)11-9/h4-6H,1-3H3. The Hall–Kier alpha value is -1.09. The zero-order valence-corrected chi connectivity index (χ0v) is 8.85. The van der Waals surface area contributed by atoms with Crippen molar-refractivity contribution in [1.82, 2.24) is 9.55 Å². The van der Waals surface area contributed by atoms with Gasteiger partial charge in [-0.15, -0.1) is 11.3 Å². The first-order valence-corrected chi connectivity index (χ1v) is 5.05. The van der Waals surface area contributed by atoms with Gasteiger partial charge in [0.1, 0.15) is 5.82 Å². The molecule has 0 aliphatic rings. The number of rotatable bonds is 1. The second kappa shape index (κ2) is 3.00. The van der Waals surface area contributed by atoms with Crippen LogP contribution in [0, 0.1) is 13.8 Å². The lowest BCUT2D eigenvalue weighted by atomic mass is 10.4. The van der Waals surface area contributed by atoms with Crippen LogP contribution in [0.5, 0.6) is 0 Å². The molecule has 2 rings (SSSR count). The second-order valence-corrected chi connectivity index (χ2v) is 4.48. The van der Waals surface area contributed by atoms with Gasteiger partial charge >= 0.3 is 0 Å². The molecule has 0 N–H and O–H groups in total. The van der Waals surface area contributed by atoms with Crippen molar-refractivity contribution in [3.8, 4) is 10.6 Å². The summed E-state index contributed by atoms with van der Waals surface area (Å²) < 4.78 is 2.05. The Morgan fingerprint density at radius 2 is 2.08 bits per heavy atom. The number of imidazole rings is 1. The Morgan fingerprint density at radius 1 is 1.31 bits per heavy atom. The Bertz CT molecular complexity index is 406. The number of nitrogens with zero attached hydrogens (tertiary/aromatic N) is 2. The monoisotopic (exact) mass is 192 g/mol. The third-order valence-corrected chi connectivity index (χ3v) is 3.12. The van der Waals surface area contributed by atoms with Crippen LogP contribution >= 0.6 is 11.3 Å². The van der Waals surface area contributed by atoms with E-state index >= 15 is 0 Å². The molecule has 0 atom stereocenters. The van der Waals surface area contributed by atoms with Gasteiger partial charge in [0.2, 0.25) is 0 Å². The number of aryl methyl sites for hydroxylation is 3. The fourth-order valence-electron chi connectivity index (χ4n) is 1.25. The van der Waals surface area contributed by atoms with E-state index in [2.05, 4.69) is 30.2 Å². The first-order chi connectivity index (χ1) is 6.16. The summed E-state index contributed by atoms with van der Waals surface area (Å²) in [4.78, 5) is 7.05. The van der Waals surface area contributed by atoms with Crippen molar-refractivity contribution in [2.75, 3.05) is 0 Å². The smallest absolute Gasteiger partial charge is 0.106 e. The molecule has 13 heavy (non-hydrogen) atoms. The molecular formula is C10H12N2S. The largest absolute Gasteiger partial charge is 0.338 e. The lowest BCUT2D eigenvalue weighted by Crippen LogP contribution is -1.86. The van der Waals surface area contributed by atoms with E-state index in [1.807, 2.05) is 18.5 Å². The third kappa shape index (κ3) is 1.52. The summed E-state index contributed by atoms with van der Waals surface area (Å²) in [5.74, 6) is 1.06. The maximum atomic E-state index is 4.47. The highest BCUT2D eigenvalue weighted by Gasteiger charge is 2.05. The van der Waals surface area contributed by atoms with Crippen LogP contribution in [0.25, 0.3) is 10.6 Å². The summed E-state index contributed by atoms with van der Waals surface area (Å²) >= 11 is 1.79.